The molecule has 0 radical (unpaired) electrons. The Kier molecular flexibility index (Phi) is 2.90. The monoisotopic (exact) mass is 205 g/mol. The van der Waals surface area contributed by atoms with Gasteiger partial charge in [0.2, 0.25) is 5.91 Å². The van der Waals surface area contributed by atoms with Crippen LogP contribution in [0.5, 0.6) is 5.75 Å². The van der Waals surface area contributed by atoms with Crippen LogP contribution in [0.3, 0.4) is 0 Å². The van der Waals surface area contributed by atoms with Gasteiger partial charge in [-0.25, -0.2) is 0 Å². The third-order valence-electron chi connectivity index (χ3n) is 2.81. The Labute approximate surface area is 89.4 Å². The molecule has 2 rings (SSSR count). The first-order valence-corrected chi connectivity index (χ1v) is 5.20. The Morgan fingerprint density at radius 2 is 2.33 bits per heavy atom. The zero-order valence-corrected chi connectivity index (χ0v) is 8.82. The molecule has 0 bridgehead atoms. The molecule has 1 heterocycles. The maximum atomic E-state index is 11.3. The van der Waals surface area contributed by atoms with Crippen LogP contribution in [0.2, 0.25) is 0 Å². The molecule has 1 fully saturated rings. The minimum atomic E-state index is 0.147. The van der Waals surface area contributed by atoms with E-state index in [0.717, 1.165) is 18.7 Å². The van der Waals surface area contributed by atoms with Gasteiger partial charge in [-0.3, -0.25) is 4.79 Å². The predicted molar refractivity (Wildman–Crippen MR) is 58.0 cm³/mol. The van der Waals surface area contributed by atoms with E-state index in [1.54, 1.807) is 7.11 Å². The average molecular weight is 205 g/mol. The molecule has 1 saturated heterocycles. The normalized spacial score (nSPS) is 20.9. The van der Waals surface area contributed by atoms with E-state index < -0.39 is 0 Å². The van der Waals surface area contributed by atoms with Crippen molar-refractivity contribution < 1.29 is 9.53 Å². The highest BCUT2D eigenvalue weighted by atomic mass is 16.5. The number of methoxy groups -OCH3 is 1. The van der Waals surface area contributed by atoms with Crippen molar-refractivity contribution in [2.45, 2.75) is 18.8 Å². The van der Waals surface area contributed by atoms with Gasteiger partial charge in [-0.2, -0.15) is 0 Å². The second-order valence-electron chi connectivity index (χ2n) is 3.82. The van der Waals surface area contributed by atoms with Crippen molar-refractivity contribution in [1.82, 2.24) is 5.32 Å². The Hall–Kier alpha value is -1.51. The highest BCUT2D eigenvalue weighted by molar-refractivity contribution is 5.77. The van der Waals surface area contributed by atoms with Crippen molar-refractivity contribution in [3.05, 3.63) is 29.8 Å². The molecule has 1 amide bonds. The Bertz CT molecular complexity index is 362. The minimum absolute atomic E-state index is 0.147. The predicted octanol–water partition coefficient (Wildman–Crippen LogP) is 1.69. The summed E-state index contributed by atoms with van der Waals surface area (Å²) in [6, 6.07) is 7.97. The molecular formula is C12H15NO2. The number of carbonyl (C=O) groups is 1. The number of piperidine rings is 1. The van der Waals surface area contributed by atoms with Gasteiger partial charge >= 0.3 is 0 Å². The molecule has 1 aliphatic rings. The van der Waals surface area contributed by atoms with E-state index in [4.69, 9.17) is 4.74 Å². The highest BCUT2D eigenvalue weighted by Gasteiger charge is 2.20. The van der Waals surface area contributed by atoms with Crippen LogP contribution in [-0.2, 0) is 4.79 Å². The third-order valence-corrected chi connectivity index (χ3v) is 2.81. The second-order valence-corrected chi connectivity index (χ2v) is 3.82. The molecule has 0 aliphatic carbocycles. The molecule has 0 unspecified atom stereocenters. The Morgan fingerprint density at radius 3 is 3.07 bits per heavy atom. The maximum absolute atomic E-state index is 11.3. The number of carbonyl (C=O) groups excluding carboxylic acids is 1. The van der Waals surface area contributed by atoms with E-state index in [2.05, 4.69) is 11.4 Å². The zero-order valence-electron chi connectivity index (χ0n) is 8.82. The summed E-state index contributed by atoms with van der Waals surface area (Å²) in [5.41, 5.74) is 1.20. The number of rotatable bonds is 2. The minimum Gasteiger partial charge on any atom is -0.497 e. The second kappa shape index (κ2) is 4.34. The van der Waals surface area contributed by atoms with Gasteiger partial charge in [0.05, 0.1) is 7.11 Å². The van der Waals surface area contributed by atoms with Crippen LogP contribution in [0.1, 0.15) is 24.3 Å². The quantitative estimate of drug-likeness (QED) is 0.797. The van der Waals surface area contributed by atoms with Crippen LogP contribution in [0, 0.1) is 0 Å². The summed E-state index contributed by atoms with van der Waals surface area (Å²) in [6.45, 7) is 0.778. The highest BCUT2D eigenvalue weighted by Crippen LogP contribution is 2.27. The fraction of sp³-hybridized carbons (Fsp3) is 0.417. The molecule has 80 valence electrons. The fourth-order valence-electron chi connectivity index (χ4n) is 1.96. The molecule has 3 heteroatoms. The molecule has 1 N–H and O–H groups in total. The van der Waals surface area contributed by atoms with Crippen molar-refractivity contribution >= 4 is 5.91 Å². The van der Waals surface area contributed by atoms with E-state index in [0.29, 0.717) is 12.3 Å². The SMILES string of the molecule is COc1cccc([C@H]2CCNC(=O)C2)c1. The molecule has 1 aliphatic heterocycles. The molecule has 1 aromatic rings. The van der Waals surface area contributed by atoms with Crippen LogP contribution in [0.25, 0.3) is 0 Å². The smallest absolute Gasteiger partial charge is 0.220 e. The molecule has 0 spiro atoms. The van der Waals surface area contributed by atoms with Gasteiger partial charge in [-0.15, -0.1) is 0 Å². The van der Waals surface area contributed by atoms with Crippen LogP contribution >= 0.6 is 0 Å². The van der Waals surface area contributed by atoms with Gasteiger partial charge in [0.25, 0.3) is 0 Å². The molecule has 1 aromatic carbocycles. The summed E-state index contributed by atoms with van der Waals surface area (Å²) in [4.78, 5) is 11.3. The first-order chi connectivity index (χ1) is 7.29. The number of amides is 1. The van der Waals surface area contributed by atoms with Crippen molar-refractivity contribution in [3.63, 3.8) is 0 Å². The summed E-state index contributed by atoms with van der Waals surface area (Å²) >= 11 is 0. The standard InChI is InChI=1S/C12H15NO2/c1-15-11-4-2-3-9(7-11)10-5-6-13-12(14)8-10/h2-4,7,10H,5-6,8H2,1H3,(H,13,14)/t10-/m0/s1. The fourth-order valence-corrected chi connectivity index (χ4v) is 1.96. The maximum Gasteiger partial charge on any atom is 0.220 e. The van der Waals surface area contributed by atoms with Crippen LogP contribution < -0.4 is 10.1 Å². The average Bonchev–Trinajstić information content (AvgIpc) is 2.29. The Morgan fingerprint density at radius 1 is 1.47 bits per heavy atom. The number of ether oxygens (including phenoxy) is 1. The summed E-state index contributed by atoms with van der Waals surface area (Å²) in [7, 11) is 1.66. The topological polar surface area (TPSA) is 38.3 Å². The van der Waals surface area contributed by atoms with Gasteiger partial charge in [0.1, 0.15) is 5.75 Å². The first-order valence-electron chi connectivity index (χ1n) is 5.20. The lowest BCUT2D eigenvalue weighted by Crippen LogP contribution is -2.32. The largest absolute Gasteiger partial charge is 0.497 e. The molecule has 1 atom stereocenters. The van der Waals surface area contributed by atoms with Crippen LogP contribution in [-0.4, -0.2) is 19.6 Å². The lowest BCUT2D eigenvalue weighted by molar-refractivity contribution is -0.122. The lowest BCUT2D eigenvalue weighted by Gasteiger charge is -2.22. The van der Waals surface area contributed by atoms with E-state index in [-0.39, 0.29) is 5.91 Å². The number of hydrogen-bond donors (Lipinski definition) is 1. The molecule has 0 saturated carbocycles. The van der Waals surface area contributed by atoms with E-state index in [1.807, 2.05) is 18.2 Å². The van der Waals surface area contributed by atoms with Gasteiger partial charge in [-0.05, 0) is 30.0 Å². The third kappa shape index (κ3) is 2.29. The van der Waals surface area contributed by atoms with E-state index in [9.17, 15) is 4.79 Å². The van der Waals surface area contributed by atoms with Gasteiger partial charge in [0.15, 0.2) is 0 Å². The Balaban J connectivity index is 2.17. The zero-order chi connectivity index (χ0) is 10.7. The summed E-state index contributed by atoms with van der Waals surface area (Å²) in [6.07, 6.45) is 1.60. The van der Waals surface area contributed by atoms with Crippen LogP contribution in [0.4, 0.5) is 0 Å². The van der Waals surface area contributed by atoms with Crippen molar-refractivity contribution in [3.8, 4) is 5.75 Å². The molecule has 3 nitrogen and oxygen atoms in total. The summed E-state index contributed by atoms with van der Waals surface area (Å²) in [5, 5.41) is 2.84. The lowest BCUT2D eigenvalue weighted by atomic mass is 9.90. The number of hydrogen-bond acceptors (Lipinski definition) is 2. The molecule has 0 aromatic heterocycles. The van der Waals surface area contributed by atoms with Crippen LogP contribution in [0.15, 0.2) is 24.3 Å². The number of nitrogens with one attached hydrogen (secondary N) is 1. The van der Waals surface area contributed by atoms with Crippen molar-refractivity contribution in [1.29, 1.82) is 0 Å². The van der Waals surface area contributed by atoms with Crippen molar-refractivity contribution in [2.24, 2.45) is 0 Å². The molecule has 15 heavy (non-hydrogen) atoms. The summed E-state index contributed by atoms with van der Waals surface area (Å²) in [5.74, 6) is 1.35. The van der Waals surface area contributed by atoms with Gasteiger partial charge in [-0.1, -0.05) is 12.1 Å². The number of benzene rings is 1. The van der Waals surface area contributed by atoms with Crippen molar-refractivity contribution in [2.75, 3.05) is 13.7 Å². The van der Waals surface area contributed by atoms with E-state index in [1.165, 1.54) is 5.56 Å². The first kappa shape index (κ1) is 10.0. The van der Waals surface area contributed by atoms with E-state index >= 15 is 0 Å². The van der Waals surface area contributed by atoms with Gasteiger partial charge in [0, 0.05) is 13.0 Å². The van der Waals surface area contributed by atoms with Gasteiger partial charge < -0.3 is 10.1 Å². The summed E-state index contributed by atoms with van der Waals surface area (Å²) < 4.78 is 5.17. The molecular weight excluding hydrogens is 190 g/mol.